The number of quaternary nitrogens is 1. The van der Waals surface area contributed by atoms with Gasteiger partial charge in [0.2, 0.25) is 0 Å². The van der Waals surface area contributed by atoms with Gasteiger partial charge in [-0.1, -0.05) is 37.8 Å². The van der Waals surface area contributed by atoms with Gasteiger partial charge in [-0.3, -0.25) is 9.59 Å². The third kappa shape index (κ3) is 5.65. The first-order valence-electron chi connectivity index (χ1n) is 12.6. The summed E-state index contributed by atoms with van der Waals surface area (Å²) >= 11 is 1.67. The molecule has 1 N–H and O–H groups in total. The number of esters is 1. The highest BCUT2D eigenvalue weighted by molar-refractivity contribution is 7.10. The van der Waals surface area contributed by atoms with E-state index < -0.39 is 5.41 Å². The molecule has 1 aromatic carbocycles. The number of ether oxygens (including phenoxy) is 1. The number of nitrogens with one attached hydrogen (secondary N) is 1. The molecule has 1 saturated carbocycles. The predicted molar refractivity (Wildman–Crippen MR) is 131 cm³/mol. The summed E-state index contributed by atoms with van der Waals surface area (Å²) in [4.78, 5) is 27.8. The lowest BCUT2D eigenvalue weighted by molar-refractivity contribution is -0.939. The van der Waals surface area contributed by atoms with Gasteiger partial charge in [0.25, 0.3) is 5.91 Å². The van der Waals surface area contributed by atoms with Crippen LogP contribution < -0.4 is 22.3 Å². The average Bonchev–Trinajstić information content (AvgIpc) is 3.24. The maximum Gasteiger partial charge on any atom is 0.317 e. The van der Waals surface area contributed by atoms with Gasteiger partial charge in [-0.2, -0.15) is 0 Å². The average molecular weight is 566 g/mol. The summed E-state index contributed by atoms with van der Waals surface area (Å²) < 4.78 is 20.5. The SMILES string of the molecule is O=C(C[N+]12CCC(CC1)[C@@H](OC(=O)C1(c3cccs3)CCCCCC1)C2)Nc1cccc(F)c1.[Br-]. The van der Waals surface area contributed by atoms with Crippen LogP contribution in [0.15, 0.2) is 41.8 Å². The van der Waals surface area contributed by atoms with Crippen LogP contribution in [0.25, 0.3) is 0 Å². The number of carbonyl (C=O) groups is 2. The molecular formula is C27H34BrFN2O3S. The molecule has 2 bridgehead atoms. The second kappa shape index (κ2) is 11.1. The van der Waals surface area contributed by atoms with Crippen LogP contribution in [0, 0.1) is 11.7 Å². The number of carbonyl (C=O) groups excluding carboxylic acids is 2. The Kier molecular flexibility index (Phi) is 8.34. The molecule has 1 aromatic heterocycles. The van der Waals surface area contributed by atoms with Gasteiger partial charge in [0, 0.05) is 29.3 Å². The van der Waals surface area contributed by atoms with E-state index in [1.54, 1.807) is 23.5 Å². The van der Waals surface area contributed by atoms with Crippen LogP contribution in [0.2, 0.25) is 0 Å². The van der Waals surface area contributed by atoms with Crippen LogP contribution in [0.3, 0.4) is 0 Å². The maximum absolute atomic E-state index is 13.8. The van der Waals surface area contributed by atoms with Gasteiger partial charge >= 0.3 is 5.97 Å². The molecule has 1 amide bonds. The molecule has 1 aliphatic carbocycles. The molecule has 6 rings (SSSR count). The van der Waals surface area contributed by atoms with E-state index in [4.69, 9.17) is 4.74 Å². The number of fused-ring (bicyclic) bond motifs is 3. The van der Waals surface area contributed by atoms with Crippen LogP contribution in [-0.2, 0) is 19.7 Å². The van der Waals surface area contributed by atoms with Gasteiger partial charge in [0.05, 0.1) is 13.1 Å². The number of anilines is 1. The van der Waals surface area contributed by atoms with E-state index in [-0.39, 0.29) is 40.8 Å². The molecule has 35 heavy (non-hydrogen) atoms. The quantitative estimate of drug-likeness (QED) is 0.333. The topological polar surface area (TPSA) is 55.4 Å². The lowest BCUT2D eigenvalue weighted by Crippen LogP contribution is -3.00. The Labute approximate surface area is 221 Å². The number of hydrogen-bond donors (Lipinski definition) is 1. The zero-order chi connectivity index (χ0) is 23.6. The van der Waals surface area contributed by atoms with Crippen LogP contribution in [0.5, 0.6) is 0 Å². The van der Waals surface area contributed by atoms with E-state index in [1.807, 2.05) is 6.07 Å². The Morgan fingerprint density at radius 3 is 2.49 bits per heavy atom. The second-order valence-electron chi connectivity index (χ2n) is 10.4. The van der Waals surface area contributed by atoms with Crippen molar-refractivity contribution >= 4 is 28.9 Å². The zero-order valence-corrected chi connectivity index (χ0v) is 22.4. The van der Waals surface area contributed by atoms with Crippen molar-refractivity contribution in [3.05, 3.63) is 52.5 Å². The number of piperidine rings is 3. The van der Waals surface area contributed by atoms with Gasteiger partial charge in [-0.05, 0) is 42.5 Å². The van der Waals surface area contributed by atoms with Crippen molar-refractivity contribution in [2.75, 3.05) is 31.5 Å². The minimum absolute atomic E-state index is 0. The molecule has 1 atom stereocenters. The fourth-order valence-electron chi connectivity index (χ4n) is 6.33. The highest BCUT2D eigenvalue weighted by Gasteiger charge is 2.51. The largest absolute Gasteiger partial charge is 1.00 e. The van der Waals surface area contributed by atoms with E-state index >= 15 is 0 Å². The summed E-state index contributed by atoms with van der Waals surface area (Å²) in [5.74, 6) is -0.164. The number of hydrogen-bond acceptors (Lipinski definition) is 4. The number of benzene rings is 1. The molecule has 3 aliphatic heterocycles. The highest BCUT2D eigenvalue weighted by Crippen LogP contribution is 2.43. The standard InChI is InChI=1S/C27H33FN2O3S.BrH/c28-21-7-5-8-22(17-21)29-25(31)19-30-14-10-20(11-15-30)23(18-30)33-26(32)27(24-9-6-16-34-24)12-3-1-2-4-13-27;/h5-9,16-17,20,23H,1-4,10-15,18-19H2;1H/t20?,23-,30?;/m0./s1. The normalized spacial score (nSPS) is 27.3. The second-order valence-corrected chi connectivity index (χ2v) is 11.4. The van der Waals surface area contributed by atoms with Crippen molar-refractivity contribution in [2.24, 2.45) is 5.92 Å². The van der Waals surface area contributed by atoms with Crippen LogP contribution in [0.4, 0.5) is 10.1 Å². The number of halogens is 2. The Morgan fingerprint density at radius 2 is 1.83 bits per heavy atom. The Hall–Kier alpha value is -1.77. The number of rotatable bonds is 6. The third-order valence-corrected chi connectivity index (χ3v) is 9.30. The first-order chi connectivity index (χ1) is 16.5. The summed E-state index contributed by atoms with van der Waals surface area (Å²) in [6, 6.07) is 10.1. The first-order valence-corrected chi connectivity index (χ1v) is 13.5. The van der Waals surface area contributed by atoms with Crippen molar-refractivity contribution in [2.45, 2.75) is 62.9 Å². The van der Waals surface area contributed by atoms with E-state index in [2.05, 4.69) is 16.8 Å². The number of nitrogens with zero attached hydrogens (tertiary/aromatic N) is 1. The Bertz CT molecular complexity index is 1020. The summed E-state index contributed by atoms with van der Waals surface area (Å²) in [6.45, 7) is 2.86. The molecule has 8 heteroatoms. The van der Waals surface area contributed by atoms with Crippen molar-refractivity contribution in [3.8, 4) is 0 Å². The molecule has 3 saturated heterocycles. The monoisotopic (exact) mass is 564 g/mol. The summed E-state index contributed by atoms with van der Waals surface area (Å²) in [7, 11) is 0. The van der Waals surface area contributed by atoms with Gasteiger partial charge in [-0.15, -0.1) is 11.3 Å². The summed E-state index contributed by atoms with van der Waals surface area (Å²) in [5.41, 5.74) is -0.0414. The molecule has 2 aromatic rings. The van der Waals surface area contributed by atoms with Crippen molar-refractivity contribution in [1.29, 1.82) is 0 Å². The van der Waals surface area contributed by atoms with Crippen LogP contribution in [0.1, 0.15) is 56.2 Å². The lowest BCUT2D eigenvalue weighted by Gasteiger charge is -2.52. The van der Waals surface area contributed by atoms with Gasteiger partial charge in [0.1, 0.15) is 17.8 Å². The van der Waals surface area contributed by atoms with E-state index in [0.29, 0.717) is 29.2 Å². The fraction of sp³-hybridized carbons (Fsp3) is 0.556. The van der Waals surface area contributed by atoms with E-state index in [9.17, 15) is 14.0 Å². The third-order valence-electron chi connectivity index (χ3n) is 8.23. The van der Waals surface area contributed by atoms with Gasteiger partial charge < -0.3 is 31.5 Å². The smallest absolute Gasteiger partial charge is 0.317 e. The van der Waals surface area contributed by atoms with Gasteiger partial charge in [0.15, 0.2) is 12.6 Å². The first kappa shape index (κ1) is 26.3. The van der Waals surface area contributed by atoms with Crippen LogP contribution >= 0.6 is 11.3 Å². The van der Waals surface area contributed by atoms with E-state index in [0.717, 1.165) is 56.5 Å². The minimum atomic E-state index is -0.518. The summed E-state index contributed by atoms with van der Waals surface area (Å²) in [6.07, 6.45) is 7.98. The molecule has 0 spiro atoms. The molecule has 4 aliphatic rings. The molecular weight excluding hydrogens is 531 g/mol. The van der Waals surface area contributed by atoms with Crippen molar-refractivity contribution in [3.63, 3.8) is 0 Å². The molecule has 190 valence electrons. The molecule has 0 radical (unpaired) electrons. The maximum atomic E-state index is 13.8. The highest BCUT2D eigenvalue weighted by atomic mass is 79.9. The molecule has 5 nitrogen and oxygen atoms in total. The predicted octanol–water partition coefficient (Wildman–Crippen LogP) is 2.27. The number of amides is 1. The molecule has 4 fully saturated rings. The Morgan fingerprint density at radius 1 is 1.09 bits per heavy atom. The summed E-state index contributed by atoms with van der Waals surface area (Å²) in [5, 5.41) is 4.90. The van der Waals surface area contributed by atoms with Crippen molar-refractivity contribution < 1.29 is 40.2 Å². The van der Waals surface area contributed by atoms with Crippen LogP contribution in [-0.4, -0.2) is 48.6 Å². The fourth-order valence-corrected chi connectivity index (χ4v) is 7.31. The Balaban J connectivity index is 0.00000289. The zero-order valence-electron chi connectivity index (χ0n) is 20.0. The molecule has 0 unspecified atom stereocenters. The van der Waals surface area contributed by atoms with Crippen molar-refractivity contribution in [1.82, 2.24) is 0 Å². The lowest BCUT2D eigenvalue weighted by atomic mass is 9.78. The number of thiophene rings is 1. The van der Waals surface area contributed by atoms with E-state index in [1.165, 1.54) is 25.0 Å². The minimum Gasteiger partial charge on any atom is -1.00 e. The van der Waals surface area contributed by atoms with Gasteiger partial charge in [-0.25, -0.2) is 4.39 Å². The molecule has 4 heterocycles.